The molecule has 19 heavy (non-hydrogen) atoms. The second-order valence-corrected chi connectivity index (χ2v) is 5.69. The fraction of sp³-hybridized carbons (Fsp3) is 0.214. The van der Waals surface area contributed by atoms with Crippen LogP contribution in [-0.4, -0.2) is 15.0 Å². The van der Waals surface area contributed by atoms with Crippen molar-refractivity contribution in [2.75, 3.05) is 5.73 Å². The predicted molar refractivity (Wildman–Crippen MR) is 77.1 cm³/mol. The number of hydrogen-bond donors (Lipinski definition) is 1. The van der Waals surface area contributed by atoms with E-state index in [1.54, 1.807) is 11.3 Å². The summed E-state index contributed by atoms with van der Waals surface area (Å²) < 4.78 is 1.15. The van der Waals surface area contributed by atoms with Crippen LogP contribution in [0.1, 0.15) is 17.7 Å². The Kier molecular flexibility index (Phi) is 2.29. The molecule has 1 aliphatic rings. The molecule has 0 aromatic carbocycles. The number of fused-ring (bicyclic) bond motifs is 2. The summed E-state index contributed by atoms with van der Waals surface area (Å²) in [5.41, 5.74) is 10.2. The van der Waals surface area contributed by atoms with Gasteiger partial charge in [-0.2, -0.15) is 0 Å². The Bertz CT molecular complexity index is 778. The standard InChI is InChI=1S/C14H12N4S/c15-13-9-2-1-3-10(9)17-14(18-13)8-6-12-11(16-7-8)4-5-19-12/h4-7H,1-3H2,(H2,15,17,18). The minimum Gasteiger partial charge on any atom is -0.383 e. The topological polar surface area (TPSA) is 64.7 Å². The molecule has 0 bridgehead atoms. The summed E-state index contributed by atoms with van der Waals surface area (Å²) in [6, 6.07) is 4.10. The molecule has 0 amide bonds. The van der Waals surface area contributed by atoms with Crippen LogP contribution in [0.4, 0.5) is 5.82 Å². The van der Waals surface area contributed by atoms with Gasteiger partial charge < -0.3 is 5.73 Å². The van der Waals surface area contributed by atoms with Crippen LogP contribution >= 0.6 is 11.3 Å². The zero-order chi connectivity index (χ0) is 12.8. The molecule has 2 N–H and O–H groups in total. The first kappa shape index (κ1) is 10.9. The van der Waals surface area contributed by atoms with Crippen molar-refractivity contribution in [3.8, 4) is 11.4 Å². The quantitative estimate of drug-likeness (QED) is 0.737. The van der Waals surface area contributed by atoms with Gasteiger partial charge in [0.1, 0.15) is 5.82 Å². The van der Waals surface area contributed by atoms with E-state index in [0.29, 0.717) is 11.6 Å². The number of anilines is 1. The third kappa shape index (κ3) is 1.69. The van der Waals surface area contributed by atoms with E-state index in [4.69, 9.17) is 5.73 Å². The first-order valence-corrected chi connectivity index (χ1v) is 7.18. The van der Waals surface area contributed by atoms with Crippen molar-refractivity contribution in [2.45, 2.75) is 19.3 Å². The first-order chi connectivity index (χ1) is 9.31. The van der Waals surface area contributed by atoms with Gasteiger partial charge in [-0.05, 0) is 36.8 Å². The highest BCUT2D eigenvalue weighted by atomic mass is 32.1. The maximum Gasteiger partial charge on any atom is 0.163 e. The molecule has 0 fully saturated rings. The van der Waals surface area contributed by atoms with Gasteiger partial charge in [-0.3, -0.25) is 4.98 Å². The Morgan fingerprint density at radius 1 is 1.21 bits per heavy atom. The Labute approximate surface area is 114 Å². The molecule has 3 aromatic heterocycles. The fourth-order valence-electron chi connectivity index (χ4n) is 2.56. The average Bonchev–Trinajstić information content (AvgIpc) is 3.06. The van der Waals surface area contributed by atoms with Gasteiger partial charge in [0.05, 0.1) is 10.2 Å². The Morgan fingerprint density at radius 3 is 3.11 bits per heavy atom. The van der Waals surface area contributed by atoms with Gasteiger partial charge in [-0.15, -0.1) is 11.3 Å². The van der Waals surface area contributed by atoms with Crippen molar-refractivity contribution in [1.29, 1.82) is 0 Å². The molecule has 0 saturated carbocycles. The maximum absolute atomic E-state index is 6.03. The molecular weight excluding hydrogens is 256 g/mol. The van der Waals surface area contributed by atoms with E-state index in [9.17, 15) is 0 Å². The third-order valence-electron chi connectivity index (χ3n) is 3.53. The molecule has 0 radical (unpaired) electrons. The molecule has 0 spiro atoms. The number of rotatable bonds is 1. The summed E-state index contributed by atoms with van der Waals surface area (Å²) in [7, 11) is 0. The van der Waals surface area contributed by atoms with Crippen molar-refractivity contribution in [2.24, 2.45) is 0 Å². The van der Waals surface area contributed by atoms with Crippen LogP contribution in [0.15, 0.2) is 23.7 Å². The summed E-state index contributed by atoms with van der Waals surface area (Å²) >= 11 is 1.68. The monoisotopic (exact) mass is 268 g/mol. The molecule has 5 heteroatoms. The molecule has 3 aromatic rings. The number of nitrogens with two attached hydrogens (primary N) is 1. The Balaban J connectivity index is 1.89. The number of hydrogen-bond acceptors (Lipinski definition) is 5. The van der Waals surface area contributed by atoms with E-state index >= 15 is 0 Å². The van der Waals surface area contributed by atoms with Gasteiger partial charge in [0, 0.05) is 23.0 Å². The summed E-state index contributed by atoms with van der Waals surface area (Å²) in [6.07, 6.45) is 4.96. The predicted octanol–water partition coefficient (Wildman–Crippen LogP) is 2.82. The molecule has 3 heterocycles. The molecule has 94 valence electrons. The molecule has 4 rings (SSSR count). The minimum absolute atomic E-state index is 0.628. The van der Waals surface area contributed by atoms with Gasteiger partial charge in [0.2, 0.25) is 0 Å². The van der Waals surface area contributed by atoms with Crippen LogP contribution in [0, 0.1) is 0 Å². The van der Waals surface area contributed by atoms with Crippen molar-refractivity contribution in [1.82, 2.24) is 15.0 Å². The van der Waals surface area contributed by atoms with E-state index in [-0.39, 0.29) is 0 Å². The molecule has 0 saturated heterocycles. The van der Waals surface area contributed by atoms with Gasteiger partial charge in [-0.1, -0.05) is 0 Å². The van der Waals surface area contributed by atoms with Crippen molar-refractivity contribution in [3.63, 3.8) is 0 Å². The lowest BCUT2D eigenvalue weighted by Crippen LogP contribution is -2.02. The zero-order valence-corrected chi connectivity index (χ0v) is 11.1. The van der Waals surface area contributed by atoms with Crippen LogP contribution in [0.25, 0.3) is 21.6 Å². The maximum atomic E-state index is 6.03. The lowest BCUT2D eigenvalue weighted by Gasteiger charge is -2.06. The van der Waals surface area contributed by atoms with Crippen LogP contribution in [0.2, 0.25) is 0 Å². The molecule has 0 unspecified atom stereocenters. The molecule has 0 aliphatic heterocycles. The van der Waals surface area contributed by atoms with Crippen LogP contribution in [-0.2, 0) is 12.8 Å². The summed E-state index contributed by atoms with van der Waals surface area (Å²) in [5.74, 6) is 1.32. The second-order valence-electron chi connectivity index (χ2n) is 4.74. The van der Waals surface area contributed by atoms with E-state index in [1.165, 1.54) is 0 Å². The van der Waals surface area contributed by atoms with Crippen molar-refractivity contribution >= 4 is 27.4 Å². The number of aromatic nitrogens is 3. The number of pyridine rings is 1. The highest BCUT2D eigenvalue weighted by Crippen LogP contribution is 2.29. The molecule has 1 aliphatic carbocycles. The summed E-state index contributed by atoms with van der Waals surface area (Å²) in [5, 5.41) is 2.04. The summed E-state index contributed by atoms with van der Waals surface area (Å²) in [6.45, 7) is 0. The number of aryl methyl sites for hydroxylation is 1. The average molecular weight is 268 g/mol. The van der Waals surface area contributed by atoms with Gasteiger partial charge in [0.25, 0.3) is 0 Å². The highest BCUT2D eigenvalue weighted by Gasteiger charge is 2.18. The van der Waals surface area contributed by atoms with Crippen LogP contribution < -0.4 is 5.73 Å². The fourth-order valence-corrected chi connectivity index (χ4v) is 3.34. The van der Waals surface area contributed by atoms with Gasteiger partial charge >= 0.3 is 0 Å². The lowest BCUT2D eigenvalue weighted by molar-refractivity contribution is 0.900. The van der Waals surface area contributed by atoms with Crippen LogP contribution in [0.3, 0.4) is 0 Å². The summed E-state index contributed by atoms with van der Waals surface area (Å²) in [4.78, 5) is 13.5. The van der Waals surface area contributed by atoms with Crippen molar-refractivity contribution in [3.05, 3.63) is 35.0 Å². The third-order valence-corrected chi connectivity index (χ3v) is 4.38. The van der Waals surface area contributed by atoms with Crippen LogP contribution in [0.5, 0.6) is 0 Å². The van der Waals surface area contributed by atoms with E-state index < -0.39 is 0 Å². The molecule has 0 atom stereocenters. The highest BCUT2D eigenvalue weighted by molar-refractivity contribution is 7.17. The SMILES string of the molecule is Nc1nc(-c2cnc3ccsc3c2)nc2c1CCC2. The number of nitrogen functional groups attached to an aromatic ring is 1. The largest absolute Gasteiger partial charge is 0.383 e. The van der Waals surface area contributed by atoms with E-state index in [0.717, 1.165) is 46.3 Å². The second kappa shape index (κ2) is 3.99. The Hall–Kier alpha value is -2.01. The van der Waals surface area contributed by atoms with E-state index in [2.05, 4.69) is 21.0 Å². The number of thiophene rings is 1. The minimum atomic E-state index is 0.628. The number of nitrogens with zero attached hydrogens (tertiary/aromatic N) is 3. The smallest absolute Gasteiger partial charge is 0.163 e. The first-order valence-electron chi connectivity index (χ1n) is 6.30. The van der Waals surface area contributed by atoms with Gasteiger partial charge in [0.15, 0.2) is 5.82 Å². The van der Waals surface area contributed by atoms with Gasteiger partial charge in [-0.25, -0.2) is 9.97 Å². The molecular formula is C14H12N4S. The lowest BCUT2D eigenvalue weighted by atomic mass is 10.2. The zero-order valence-electron chi connectivity index (χ0n) is 10.3. The van der Waals surface area contributed by atoms with Crippen molar-refractivity contribution < 1.29 is 0 Å². The normalized spacial score (nSPS) is 13.9. The Morgan fingerprint density at radius 2 is 2.16 bits per heavy atom. The van der Waals surface area contributed by atoms with E-state index in [1.807, 2.05) is 17.6 Å². The molecule has 4 nitrogen and oxygen atoms in total.